The lowest BCUT2D eigenvalue weighted by Crippen LogP contribution is -2.38. The van der Waals surface area contributed by atoms with Crippen molar-refractivity contribution >= 4 is 29.3 Å². The molecule has 1 amide bonds. The summed E-state index contributed by atoms with van der Waals surface area (Å²) < 4.78 is 0. The van der Waals surface area contributed by atoms with E-state index in [1.165, 1.54) is 19.3 Å². The quantitative estimate of drug-likeness (QED) is 0.536. The van der Waals surface area contributed by atoms with Gasteiger partial charge >= 0.3 is 0 Å². The molecule has 0 atom stereocenters. The molecule has 7 nitrogen and oxygen atoms in total. The van der Waals surface area contributed by atoms with Gasteiger partial charge in [0.25, 0.3) is 5.91 Å². The zero-order valence-electron chi connectivity index (χ0n) is 19.8. The molecular weight excluding hydrogens is 450 g/mol. The van der Waals surface area contributed by atoms with Crippen LogP contribution in [-0.2, 0) is 13.2 Å². The van der Waals surface area contributed by atoms with Crippen LogP contribution in [0.2, 0.25) is 5.02 Å². The minimum absolute atomic E-state index is 0.0938. The van der Waals surface area contributed by atoms with Crippen molar-refractivity contribution in [1.82, 2.24) is 15.3 Å². The van der Waals surface area contributed by atoms with E-state index in [4.69, 9.17) is 16.6 Å². The zero-order chi connectivity index (χ0) is 23.7. The number of amides is 1. The molecule has 5 rings (SSSR count). The fourth-order valence-corrected chi connectivity index (χ4v) is 5.46. The number of aliphatic hydroxyl groups is 1. The summed E-state index contributed by atoms with van der Waals surface area (Å²) in [6, 6.07) is 5.78. The van der Waals surface area contributed by atoms with E-state index in [0.717, 1.165) is 50.3 Å². The number of anilines is 2. The highest BCUT2D eigenvalue weighted by Gasteiger charge is 2.48. The van der Waals surface area contributed by atoms with E-state index in [-0.39, 0.29) is 18.6 Å². The van der Waals surface area contributed by atoms with Crippen molar-refractivity contribution in [3.05, 3.63) is 46.1 Å². The third-order valence-electron chi connectivity index (χ3n) is 7.80. The Morgan fingerprint density at radius 2 is 2.03 bits per heavy atom. The average molecular weight is 484 g/mol. The SMILES string of the molecule is C[C@H]1CC[C@@H](NC(=O)c2cnc(N3CCC4(CC4)C3)nc2NCc2ccc(CO)c(Cl)c2)CC1. The van der Waals surface area contributed by atoms with Crippen LogP contribution in [0.1, 0.15) is 73.4 Å². The van der Waals surface area contributed by atoms with Gasteiger partial charge in [-0.05, 0) is 73.5 Å². The van der Waals surface area contributed by atoms with Gasteiger partial charge in [-0.3, -0.25) is 4.79 Å². The smallest absolute Gasteiger partial charge is 0.256 e. The van der Waals surface area contributed by atoms with Crippen LogP contribution in [0.5, 0.6) is 0 Å². The van der Waals surface area contributed by atoms with Crippen molar-refractivity contribution in [1.29, 1.82) is 0 Å². The molecule has 2 heterocycles. The molecule has 2 aromatic rings. The molecule has 3 fully saturated rings. The molecule has 1 aliphatic heterocycles. The van der Waals surface area contributed by atoms with Gasteiger partial charge in [0.1, 0.15) is 11.4 Å². The van der Waals surface area contributed by atoms with Crippen molar-refractivity contribution in [3.63, 3.8) is 0 Å². The predicted octanol–water partition coefficient (Wildman–Crippen LogP) is 4.53. The Hall–Kier alpha value is -2.38. The minimum Gasteiger partial charge on any atom is -0.392 e. The molecule has 0 radical (unpaired) electrons. The van der Waals surface area contributed by atoms with Crippen LogP contribution in [-0.4, -0.2) is 40.1 Å². The van der Waals surface area contributed by atoms with Crippen molar-refractivity contribution in [3.8, 4) is 0 Å². The van der Waals surface area contributed by atoms with Crippen LogP contribution in [0.15, 0.2) is 24.4 Å². The molecule has 3 aliphatic rings. The Labute approximate surface area is 206 Å². The summed E-state index contributed by atoms with van der Waals surface area (Å²) in [4.78, 5) is 24.9. The second kappa shape index (κ2) is 9.70. The van der Waals surface area contributed by atoms with E-state index in [1.807, 2.05) is 18.2 Å². The number of benzene rings is 1. The molecule has 182 valence electrons. The molecule has 1 aromatic heterocycles. The summed E-state index contributed by atoms with van der Waals surface area (Å²) in [5.41, 5.74) is 2.59. The van der Waals surface area contributed by atoms with Gasteiger partial charge < -0.3 is 20.6 Å². The highest BCUT2D eigenvalue weighted by Crippen LogP contribution is 2.53. The lowest BCUT2D eigenvalue weighted by Gasteiger charge is -2.27. The fourth-order valence-electron chi connectivity index (χ4n) is 5.20. The van der Waals surface area contributed by atoms with Gasteiger partial charge in [-0.1, -0.05) is 30.7 Å². The summed E-state index contributed by atoms with van der Waals surface area (Å²) in [5, 5.41) is 16.5. The number of hydrogen-bond acceptors (Lipinski definition) is 6. The first-order chi connectivity index (χ1) is 16.4. The molecule has 0 unspecified atom stereocenters. The first-order valence-corrected chi connectivity index (χ1v) is 12.9. The van der Waals surface area contributed by atoms with Crippen molar-refractivity contribution < 1.29 is 9.90 Å². The third-order valence-corrected chi connectivity index (χ3v) is 8.15. The van der Waals surface area contributed by atoms with Crippen LogP contribution in [0, 0.1) is 11.3 Å². The summed E-state index contributed by atoms with van der Waals surface area (Å²) in [7, 11) is 0. The second-order valence-corrected chi connectivity index (χ2v) is 10.9. The Kier molecular flexibility index (Phi) is 6.67. The number of nitrogens with zero attached hydrogens (tertiary/aromatic N) is 3. The monoisotopic (exact) mass is 483 g/mol. The van der Waals surface area contributed by atoms with Gasteiger partial charge in [0.05, 0.1) is 6.61 Å². The summed E-state index contributed by atoms with van der Waals surface area (Å²) in [6.45, 7) is 4.60. The molecule has 1 spiro atoms. The number of carbonyl (C=O) groups excluding carboxylic acids is 1. The predicted molar refractivity (Wildman–Crippen MR) is 134 cm³/mol. The standard InChI is InChI=1S/C26H34ClN5O2/c1-17-2-6-20(7-3-17)30-24(34)21-14-29-25(32-11-10-26(16-32)8-9-26)31-23(21)28-13-18-4-5-19(15-33)22(27)12-18/h4-5,12,14,17,20,33H,2-3,6-11,13,15-16H2,1H3,(H,30,34)(H,28,29,31)/t17-,20+. The van der Waals surface area contributed by atoms with Crippen LogP contribution in [0.4, 0.5) is 11.8 Å². The van der Waals surface area contributed by atoms with Crippen LogP contribution < -0.4 is 15.5 Å². The molecule has 3 N–H and O–H groups in total. The molecule has 1 aromatic carbocycles. The Morgan fingerprint density at radius 3 is 2.71 bits per heavy atom. The molecule has 2 aliphatic carbocycles. The first kappa shape index (κ1) is 23.4. The van der Waals surface area contributed by atoms with E-state index in [2.05, 4.69) is 27.4 Å². The zero-order valence-corrected chi connectivity index (χ0v) is 20.6. The van der Waals surface area contributed by atoms with Gasteiger partial charge in [-0.15, -0.1) is 0 Å². The fraction of sp³-hybridized carbons (Fsp3) is 0.577. The number of halogens is 1. The van der Waals surface area contributed by atoms with Gasteiger partial charge in [-0.25, -0.2) is 4.98 Å². The highest BCUT2D eigenvalue weighted by atomic mass is 35.5. The number of hydrogen-bond donors (Lipinski definition) is 3. The van der Waals surface area contributed by atoms with E-state index >= 15 is 0 Å². The maximum Gasteiger partial charge on any atom is 0.256 e. The van der Waals surface area contributed by atoms with Gasteiger partial charge in [0, 0.05) is 36.9 Å². The molecule has 34 heavy (non-hydrogen) atoms. The highest BCUT2D eigenvalue weighted by molar-refractivity contribution is 6.31. The van der Waals surface area contributed by atoms with Crippen molar-refractivity contribution in [2.45, 2.75) is 71.1 Å². The average Bonchev–Trinajstić information content (AvgIpc) is 3.47. The van der Waals surface area contributed by atoms with Gasteiger partial charge in [0.2, 0.25) is 5.95 Å². The van der Waals surface area contributed by atoms with Crippen molar-refractivity contribution in [2.75, 3.05) is 23.3 Å². The van der Waals surface area contributed by atoms with E-state index < -0.39 is 0 Å². The van der Waals surface area contributed by atoms with Crippen LogP contribution in [0.25, 0.3) is 0 Å². The van der Waals surface area contributed by atoms with Crippen LogP contribution in [0.3, 0.4) is 0 Å². The van der Waals surface area contributed by atoms with E-state index in [9.17, 15) is 9.90 Å². The second-order valence-electron chi connectivity index (χ2n) is 10.5. The van der Waals surface area contributed by atoms with E-state index in [1.54, 1.807) is 6.20 Å². The number of nitrogens with one attached hydrogen (secondary N) is 2. The molecular formula is C26H34ClN5O2. The summed E-state index contributed by atoms with van der Waals surface area (Å²) >= 11 is 6.27. The topological polar surface area (TPSA) is 90.4 Å². The minimum atomic E-state index is -0.123. The van der Waals surface area contributed by atoms with Gasteiger partial charge in [-0.2, -0.15) is 4.98 Å². The molecule has 0 bridgehead atoms. The maximum atomic E-state index is 13.2. The molecule has 1 saturated heterocycles. The third kappa shape index (κ3) is 5.15. The lowest BCUT2D eigenvalue weighted by atomic mass is 9.87. The largest absolute Gasteiger partial charge is 0.392 e. The maximum absolute atomic E-state index is 13.2. The summed E-state index contributed by atoms with van der Waals surface area (Å²) in [6.07, 6.45) is 9.77. The Bertz CT molecular complexity index is 1050. The van der Waals surface area contributed by atoms with Crippen molar-refractivity contribution in [2.24, 2.45) is 11.3 Å². The lowest BCUT2D eigenvalue weighted by molar-refractivity contribution is 0.0923. The van der Waals surface area contributed by atoms with E-state index in [0.29, 0.717) is 39.9 Å². The molecule has 2 saturated carbocycles. The Balaban J connectivity index is 1.34. The number of aliphatic hydroxyl groups excluding tert-OH is 1. The number of aromatic nitrogens is 2. The van der Waals surface area contributed by atoms with Crippen LogP contribution >= 0.6 is 11.6 Å². The number of rotatable bonds is 7. The molecule has 8 heteroatoms. The summed E-state index contributed by atoms with van der Waals surface area (Å²) in [5.74, 6) is 1.84. The number of carbonyl (C=O) groups is 1. The Morgan fingerprint density at radius 1 is 1.24 bits per heavy atom. The first-order valence-electron chi connectivity index (χ1n) is 12.5. The normalized spacial score (nSPS) is 23.2. The van der Waals surface area contributed by atoms with Gasteiger partial charge in [0.15, 0.2) is 0 Å².